The molecule has 0 rings (SSSR count). The summed E-state index contributed by atoms with van der Waals surface area (Å²) >= 11 is 0. The fourth-order valence-corrected chi connectivity index (χ4v) is 0.409. The Balaban J connectivity index is 3.68. The van der Waals surface area contributed by atoms with Gasteiger partial charge in [0.25, 0.3) is 0 Å². The maximum Gasteiger partial charge on any atom is 0.0360 e. The van der Waals surface area contributed by atoms with Crippen molar-refractivity contribution in [2.75, 3.05) is 0 Å². The van der Waals surface area contributed by atoms with Gasteiger partial charge in [0.2, 0.25) is 0 Å². The average Bonchev–Trinajstić information content (AvgIpc) is 1.98. The molecule has 0 bridgehead atoms. The van der Waals surface area contributed by atoms with Crippen molar-refractivity contribution in [3.8, 4) is 24.2 Å². The van der Waals surface area contributed by atoms with Gasteiger partial charge in [0.15, 0.2) is 0 Å². The lowest BCUT2D eigenvalue weighted by Gasteiger charge is -1.87. The summed E-state index contributed by atoms with van der Waals surface area (Å²) in [6, 6.07) is 0. The fourth-order valence-electron chi connectivity index (χ4n) is 0.409. The van der Waals surface area contributed by atoms with E-state index in [0.717, 1.165) is 6.42 Å². The van der Waals surface area contributed by atoms with E-state index in [2.05, 4.69) is 17.8 Å². The van der Waals surface area contributed by atoms with Gasteiger partial charge in [-0.3, -0.25) is 0 Å². The smallest absolute Gasteiger partial charge is 0.0360 e. The molecule has 0 spiro atoms. The minimum atomic E-state index is 0.200. The van der Waals surface area contributed by atoms with Gasteiger partial charge in [0, 0.05) is 12.3 Å². The molecule has 0 aliphatic carbocycles. The maximum absolute atomic E-state index is 5.14. The minimum Gasteiger partial charge on any atom is -0.119 e. The zero-order valence-corrected chi connectivity index (χ0v) is 6.52. The van der Waals surface area contributed by atoms with E-state index in [4.69, 9.17) is 6.42 Å². The lowest BCUT2D eigenvalue weighted by atomic mass is 10.2. The molecule has 0 aliphatic heterocycles. The zero-order chi connectivity index (χ0) is 7.82. The lowest BCUT2D eigenvalue weighted by Crippen LogP contribution is -1.79. The van der Waals surface area contributed by atoms with Gasteiger partial charge < -0.3 is 0 Å². The van der Waals surface area contributed by atoms with Gasteiger partial charge in [-0.2, -0.15) is 0 Å². The van der Waals surface area contributed by atoms with Crippen LogP contribution in [0.15, 0.2) is 12.2 Å². The van der Waals surface area contributed by atoms with Gasteiger partial charge in [-0.05, 0) is 13.0 Å². The maximum atomic E-state index is 5.14. The number of hydrogen-bond donors (Lipinski definition) is 0. The van der Waals surface area contributed by atoms with Crippen molar-refractivity contribution in [1.29, 1.82) is 0 Å². The molecule has 0 N–H and O–H groups in total. The molecule has 0 aromatic carbocycles. The second-order valence-electron chi connectivity index (χ2n) is 1.99. The summed E-state index contributed by atoms with van der Waals surface area (Å²) in [6.45, 7) is 3.98. The Morgan fingerprint density at radius 2 is 2.30 bits per heavy atom. The molecule has 0 fully saturated rings. The van der Waals surface area contributed by atoms with E-state index >= 15 is 0 Å². The van der Waals surface area contributed by atoms with Crippen molar-refractivity contribution in [3.05, 3.63) is 12.2 Å². The van der Waals surface area contributed by atoms with Crippen LogP contribution in [-0.2, 0) is 0 Å². The average molecular weight is 132 g/mol. The molecule has 0 heterocycles. The van der Waals surface area contributed by atoms with E-state index < -0.39 is 0 Å². The summed E-state index contributed by atoms with van der Waals surface area (Å²) in [5.74, 6) is 8.58. The highest BCUT2D eigenvalue weighted by Crippen LogP contribution is 1.91. The van der Waals surface area contributed by atoms with Crippen LogP contribution in [0.2, 0.25) is 0 Å². The third-order valence-corrected chi connectivity index (χ3v) is 1.01. The molecule has 0 saturated carbocycles. The highest BCUT2D eigenvalue weighted by atomic mass is 13.9. The quantitative estimate of drug-likeness (QED) is 0.480. The third kappa shape index (κ3) is 5.01. The standard InChI is InChI=1S/C10H12/c1-4-6-7-8-9-10(3)5-2/h2,8-10H,4H2,1,3H3. The van der Waals surface area contributed by atoms with Crippen LogP contribution in [0.1, 0.15) is 20.3 Å². The van der Waals surface area contributed by atoms with E-state index in [1.165, 1.54) is 0 Å². The fraction of sp³-hybridized carbons (Fsp3) is 0.400. The van der Waals surface area contributed by atoms with Gasteiger partial charge in [0.05, 0.1) is 0 Å². The molecule has 0 saturated heterocycles. The number of allylic oxidation sites excluding steroid dienone is 2. The van der Waals surface area contributed by atoms with Crippen molar-refractivity contribution in [1.82, 2.24) is 0 Å². The van der Waals surface area contributed by atoms with Crippen LogP contribution in [0.25, 0.3) is 0 Å². The first kappa shape index (κ1) is 8.86. The third-order valence-electron chi connectivity index (χ3n) is 1.01. The Labute approximate surface area is 63.3 Å². The highest BCUT2D eigenvalue weighted by Gasteiger charge is 1.83. The van der Waals surface area contributed by atoms with Gasteiger partial charge in [0.1, 0.15) is 0 Å². The Morgan fingerprint density at radius 3 is 2.80 bits per heavy atom. The summed E-state index contributed by atoms with van der Waals surface area (Å²) in [4.78, 5) is 0. The van der Waals surface area contributed by atoms with E-state index in [1.54, 1.807) is 0 Å². The predicted molar refractivity (Wildman–Crippen MR) is 45.2 cm³/mol. The van der Waals surface area contributed by atoms with Gasteiger partial charge >= 0.3 is 0 Å². The molecule has 1 unspecified atom stereocenters. The van der Waals surface area contributed by atoms with Crippen molar-refractivity contribution in [2.24, 2.45) is 5.92 Å². The van der Waals surface area contributed by atoms with Crippen molar-refractivity contribution < 1.29 is 0 Å². The van der Waals surface area contributed by atoms with Gasteiger partial charge in [-0.25, -0.2) is 0 Å². The lowest BCUT2D eigenvalue weighted by molar-refractivity contribution is 0.983. The molecule has 1 atom stereocenters. The Hall–Kier alpha value is -1.14. The monoisotopic (exact) mass is 132 g/mol. The van der Waals surface area contributed by atoms with E-state index in [1.807, 2.05) is 26.0 Å². The summed E-state index contributed by atoms with van der Waals surface area (Å²) in [5.41, 5.74) is 0. The number of hydrogen-bond acceptors (Lipinski definition) is 0. The van der Waals surface area contributed by atoms with E-state index in [0.29, 0.717) is 0 Å². The first-order chi connectivity index (χ1) is 4.81. The number of terminal acetylenes is 1. The van der Waals surface area contributed by atoms with E-state index in [-0.39, 0.29) is 5.92 Å². The molecule has 52 valence electrons. The summed E-state index contributed by atoms with van der Waals surface area (Å²) < 4.78 is 0. The molecule has 0 aromatic rings. The topological polar surface area (TPSA) is 0 Å². The van der Waals surface area contributed by atoms with Crippen molar-refractivity contribution >= 4 is 0 Å². The largest absolute Gasteiger partial charge is 0.119 e. The normalized spacial score (nSPS) is 11.7. The predicted octanol–water partition coefficient (Wildman–Crippen LogP) is 2.23. The molecule has 10 heavy (non-hydrogen) atoms. The molecule has 0 radical (unpaired) electrons. The van der Waals surface area contributed by atoms with Crippen LogP contribution in [0.3, 0.4) is 0 Å². The van der Waals surface area contributed by atoms with Crippen LogP contribution in [0.4, 0.5) is 0 Å². The second-order valence-corrected chi connectivity index (χ2v) is 1.99. The van der Waals surface area contributed by atoms with Crippen LogP contribution >= 0.6 is 0 Å². The van der Waals surface area contributed by atoms with Crippen LogP contribution in [-0.4, -0.2) is 0 Å². The summed E-state index contributed by atoms with van der Waals surface area (Å²) in [6.07, 6.45) is 9.77. The van der Waals surface area contributed by atoms with Crippen LogP contribution < -0.4 is 0 Å². The minimum absolute atomic E-state index is 0.200. The molecular weight excluding hydrogens is 120 g/mol. The van der Waals surface area contributed by atoms with Gasteiger partial charge in [-0.15, -0.1) is 6.42 Å². The highest BCUT2D eigenvalue weighted by molar-refractivity contribution is 5.18. The molecule has 0 heteroatoms. The summed E-state index contributed by atoms with van der Waals surface area (Å²) in [7, 11) is 0. The molecule has 0 amide bonds. The molecule has 0 nitrogen and oxygen atoms in total. The SMILES string of the molecule is C#CC(C)C=CC#CCC. The van der Waals surface area contributed by atoms with Crippen molar-refractivity contribution in [3.63, 3.8) is 0 Å². The van der Waals surface area contributed by atoms with Crippen molar-refractivity contribution in [2.45, 2.75) is 20.3 Å². The Bertz CT molecular complexity index is 192. The summed E-state index contributed by atoms with van der Waals surface area (Å²) in [5, 5.41) is 0. The Morgan fingerprint density at radius 1 is 1.60 bits per heavy atom. The van der Waals surface area contributed by atoms with Gasteiger partial charge in [-0.1, -0.05) is 30.8 Å². The molecule has 0 aromatic heterocycles. The zero-order valence-electron chi connectivity index (χ0n) is 6.52. The van der Waals surface area contributed by atoms with Crippen LogP contribution in [0.5, 0.6) is 0 Å². The molecule has 0 aliphatic rings. The first-order valence-corrected chi connectivity index (χ1v) is 3.42. The van der Waals surface area contributed by atoms with E-state index in [9.17, 15) is 0 Å². The molecular formula is C10H12. The van der Waals surface area contributed by atoms with Crippen LogP contribution in [0, 0.1) is 30.1 Å². The number of rotatable bonds is 1. The second kappa shape index (κ2) is 5.99. The first-order valence-electron chi connectivity index (χ1n) is 3.42. The Kier molecular flexibility index (Phi) is 5.30.